The van der Waals surface area contributed by atoms with Crippen LogP contribution in [-0.4, -0.2) is 35.0 Å². The minimum absolute atomic E-state index is 0.0931. The number of hydrogen-bond acceptors (Lipinski definition) is 5. The van der Waals surface area contributed by atoms with Gasteiger partial charge in [-0.3, -0.25) is 0 Å². The monoisotopic (exact) mass is 247 g/mol. The van der Waals surface area contributed by atoms with E-state index in [1.54, 1.807) is 17.8 Å². The molecule has 1 aromatic heterocycles. The first-order chi connectivity index (χ1) is 7.51. The number of hydrogen-bond donors (Lipinski definition) is 2. The van der Waals surface area contributed by atoms with Crippen LogP contribution in [0, 0.1) is 0 Å². The molecule has 7 nitrogen and oxygen atoms in total. The zero-order valence-corrected chi connectivity index (χ0v) is 10.2. The molecule has 8 heteroatoms. The number of nitrogens with two attached hydrogens (primary N) is 1. The van der Waals surface area contributed by atoms with Crippen LogP contribution in [0.3, 0.4) is 0 Å². The highest BCUT2D eigenvalue weighted by molar-refractivity contribution is 7.90. The standard InChI is InChI=1S/C8H17N5O2S/c1-3-13-6-10-12-8(13)5-11-16(14,15)7(2)4-9/h6-7,11H,3-5,9H2,1-2H3. The zero-order chi connectivity index (χ0) is 12.2. The van der Waals surface area contributed by atoms with Crippen LogP contribution in [0.4, 0.5) is 0 Å². The highest BCUT2D eigenvalue weighted by Gasteiger charge is 2.19. The lowest BCUT2D eigenvalue weighted by Gasteiger charge is -2.11. The molecule has 0 spiro atoms. The molecule has 0 saturated carbocycles. The van der Waals surface area contributed by atoms with E-state index < -0.39 is 15.3 Å². The average Bonchev–Trinajstić information content (AvgIpc) is 2.72. The maximum absolute atomic E-state index is 11.6. The summed E-state index contributed by atoms with van der Waals surface area (Å²) in [5.41, 5.74) is 5.31. The number of nitrogens with zero attached hydrogens (tertiary/aromatic N) is 3. The van der Waals surface area contributed by atoms with E-state index in [1.807, 2.05) is 6.92 Å². The second-order valence-electron chi connectivity index (χ2n) is 3.45. The molecular weight excluding hydrogens is 230 g/mol. The predicted molar refractivity (Wildman–Crippen MR) is 60.0 cm³/mol. The first-order valence-corrected chi connectivity index (χ1v) is 6.61. The van der Waals surface area contributed by atoms with Crippen molar-refractivity contribution in [2.45, 2.75) is 32.2 Å². The van der Waals surface area contributed by atoms with E-state index in [2.05, 4.69) is 14.9 Å². The van der Waals surface area contributed by atoms with Crippen molar-refractivity contribution in [3.63, 3.8) is 0 Å². The van der Waals surface area contributed by atoms with Crippen LogP contribution in [-0.2, 0) is 23.1 Å². The van der Waals surface area contributed by atoms with Crippen LogP contribution in [0.5, 0.6) is 0 Å². The van der Waals surface area contributed by atoms with Crippen molar-refractivity contribution in [1.82, 2.24) is 19.5 Å². The fourth-order valence-corrected chi connectivity index (χ4v) is 1.98. The lowest BCUT2D eigenvalue weighted by molar-refractivity contribution is 0.563. The molecule has 0 bridgehead atoms. The summed E-state index contributed by atoms with van der Waals surface area (Å²) in [5, 5.41) is 6.94. The molecule has 0 aliphatic rings. The number of aryl methyl sites for hydroxylation is 1. The molecule has 0 aliphatic heterocycles. The average molecular weight is 247 g/mol. The molecule has 3 N–H and O–H groups in total. The Morgan fingerprint density at radius 2 is 2.31 bits per heavy atom. The van der Waals surface area contributed by atoms with Gasteiger partial charge < -0.3 is 10.3 Å². The van der Waals surface area contributed by atoms with Crippen molar-refractivity contribution in [2.24, 2.45) is 5.73 Å². The van der Waals surface area contributed by atoms with Gasteiger partial charge in [0.2, 0.25) is 10.0 Å². The van der Waals surface area contributed by atoms with Gasteiger partial charge in [-0.2, -0.15) is 0 Å². The molecule has 1 rings (SSSR count). The van der Waals surface area contributed by atoms with Crippen molar-refractivity contribution < 1.29 is 8.42 Å². The van der Waals surface area contributed by atoms with Gasteiger partial charge in [-0.1, -0.05) is 0 Å². The normalized spacial score (nSPS) is 13.9. The molecule has 0 fully saturated rings. The zero-order valence-electron chi connectivity index (χ0n) is 9.42. The second-order valence-corrected chi connectivity index (χ2v) is 5.63. The fourth-order valence-electron chi connectivity index (χ4n) is 1.11. The summed E-state index contributed by atoms with van der Waals surface area (Å²) in [6.45, 7) is 4.43. The Balaban J connectivity index is 2.65. The van der Waals surface area contributed by atoms with E-state index in [9.17, 15) is 8.42 Å². The van der Waals surface area contributed by atoms with Gasteiger partial charge in [-0.25, -0.2) is 13.1 Å². The molecule has 16 heavy (non-hydrogen) atoms. The molecule has 0 saturated heterocycles. The van der Waals surface area contributed by atoms with E-state index in [0.717, 1.165) is 0 Å². The van der Waals surface area contributed by atoms with Gasteiger partial charge in [0.25, 0.3) is 0 Å². The molecule has 0 amide bonds. The van der Waals surface area contributed by atoms with Gasteiger partial charge in [-0.05, 0) is 13.8 Å². The van der Waals surface area contributed by atoms with Gasteiger partial charge in [0.15, 0.2) is 0 Å². The molecule has 92 valence electrons. The molecule has 1 unspecified atom stereocenters. The van der Waals surface area contributed by atoms with Crippen molar-refractivity contribution in [1.29, 1.82) is 0 Å². The molecule has 1 atom stereocenters. The Labute approximate surface area is 95.1 Å². The Morgan fingerprint density at radius 3 is 2.88 bits per heavy atom. The third-order valence-electron chi connectivity index (χ3n) is 2.33. The van der Waals surface area contributed by atoms with Crippen molar-refractivity contribution in [3.8, 4) is 0 Å². The van der Waals surface area contributed by atoms with Crippen LogP contribution >= 0.6 is 0 Å². The maximum Gasteiger partial charge on any atom is 0.215 e. The minimum Gasteiger partial charge on any atom is -0.329 e. The Hall–Kier alpha value is -0.990. The van der Waals surface area contributed by atoms with Gasteiger partial charge in [0.1, 0.15) is 12.2 Å². The summed E-state index contributed by atoms with van der Waals surface area (Å²) in [4.78, 5) is 0. The summed E-state index contributed by atoms with van der Waals surface area (Å²) >= 11 is 0. The van der Waals surface area contributed by atoms with Crippen molar-refractivity contribution in [3.05, 3.63) is 12.2 Å². The first-order valence-electron chi connectivity index (χ1n) is 5.06. The van der Waals surface area contributed by atoms with Gasteiger partial charge in [-0.15, -0.1) is 10.2 Å². The summed E-state index contributed by atoms with van der Waals surface area (Å²) in [5.74, 6) is 0.593. The topological polar surface area (TPSA) is 103 Å². The molecule has 0 aromatic carbocycles. The minimum atomic E-state index is -3.37. The van der Waals surface area contributed by atoms with Crippen LogP contribution < -0.4 is 10.5 Å². The Morgan fingerprint density at radius 1 is 1.62 bits per heavy atom. The highest BCUT2D eigenvalue weighted by Crippen LogP contribution is 1.99. The number of sulfonamides is 1. The largest absolute Gasteiger partial charge is 0.329 e. The van der Waals surface area contributed by atoms with E-state index in [-0.39, 0.29) is 13.1 Å². The number of rotatable bonds is 6. The molecule has 0 aliphatic carbocycles. The van der Waals surface area contributed by atoms with Crippen molar-refractivity contribution in [2.75, 3.05) is 6.54 Å². The lowest BCUT2D eigenvalue weighted by Crippen LogP contribution is -2.37. The third-order valence-corrected chi connectivity index (χ3v) is 4.13. The summed E-state index contributed by atoms with van der Waals surface area (Å²) in [6, 6.07) is 0. The lowest BCUT2D eigenvalue weighted by atomic mass is 10.5. The van der Waals surface area contributed by atoms with E-state index in [4.69, 9.17) is 5.73 Å². The van der Waals surface area contributed by atoms with Gasteiger partial charge in [0.05, 0.1) is 11.8 Å². The maximum atomic E-state index is 11.6. The molecular formula is C8H17N5O2S. The van der Waals surface area contributed by atoms with E-state index in [0.29, 0.717) is 12.4 Å². The number of aromatic nitrogens is 3. The van der Waals surface area contributed by atoms with Crippen molar-refractivity contribution >= 4 is 10.0 Å². The highest BCUT2D eigenvalue weighted by atomic mass is 32.2. The SMILES string of the molecule is CCn1cnnc1CNS(=O)(=O)C(C)CN. The van der Waals surface area contributed by atoms with Crippen LogP contribution in [0.2, 0.25) is 0 Å². The fraction of sp³-hybridized carbons (Fsp3) is 0.750. The molecule has 1 aromatic rings. The quantitative estimate of drug-likeness (QED) is 0.675. The van der Waals surface area contributed by atoms with Crippen LogP contribution in [0.1, 0.15) is 19.7 Å². The number of nitrogens with one attached hydrogen (secondary N) is 1. The predicted octanol–water partition coefficient (Wildman–Crippen LogP) is -0.935. The summed E-state index contributed by atoms with van der Waals surface area (Å²) in [6.07, 6.45) is 1.57. The molecule has 0 radical (unpaired) electrons. The smallest absolute Gasteiger partial charge is 0.215 e. The van der Waals surface area contributed by atoms with E-state index in [1.165, 1.54) is 0 Å². The second kappa shape index (κ2) is 5.37. The van der Waals surface area contributed by atoms with Crippen LogP contribution in [0.25, 0.3) is 0 Å². The van der Waals surface area contributed by atoms with Crippen LogP contribution in [0.15, 0.2) is 6.33 Å². The van der Waals surface area contributed by atoms with Gasteiger partial charge >= 0.3 is 0 Å². The van der Waals surface area contributed by atoms with Gasteiger partial charge in [0, 0.05) is 13.1 Å². The Bertz CT molecular complexity index is 427. The summed E-state index contributed by atoms with van der Waals surface area (Å²) in [7, 11) is -3.37. The molecule has 1 heterocycles. The summed E-state index contributed by atoms with van der Waals surface area (Å²) < 4.78 is 27.4. The Kier molecular flexibility index (Phi) is 4.39. The third kappa shape index (κ3) is 3.00. The first kappa shape index (κ1) is 13.1. The van der Waals surface area contributed by atoms with E-state index >= 15 is 0 Å².